The van der Waals surface area contributed by atoms with Crippen molar-refractivity contribution >= 4 is 17.3 Å². The second kappa shape index (κ2) is 11.7. The van der Waals surface area contributed by atoms with Crippen molar-refractivity contribution < 1.29 is 9.53 Å². The zero-order chi connectivity index (χ0) is 21.2. The zero-order valence-electron chi connectivity index (χ0n) is 18.2. The third-order valence-electron chi connectivity index (χ3n) is 5.40. The van der Waals surface area contributed by atoms with Crippen LogP contribution in [0, 0.1) is 0 Å². The molecule has 0 aliphatic rings. The van der Waals surface area contributed by atoms with E-state index in [1.54, 1.807) is 11.3 Å². The number of esters is 1. The Kier molecular flexibility index (Phi) is 8.70. The van der Waals surface area contributed by atoms with Gasteiger partial charge < -0.3 is 4.74 Å². The van der Waals surface area contributed by atoms with E-state index in [0.29, 0.717) is 10.6 Å². The molecule has 30 heavy (non-hydrogen) atoms. The Morgan fingerprint density at radius 1 is 0.767 bits per heavy atom. The minimum Gasteiger partial charge on any atom is -0.422 e. The Morgan fingerprint density at radius 2 is 1.40 bits per heavy atom. The summed E-state index contributed by atoms with van der Waals surface area (Å²) in [6, 6.07) is 20.3. The number of hydrogen-bond acceptors (Lipinski definition) is 3. The average Bonchev–Trinajstić information content (AvgIpc) is 3.26. The van der Waals surface area contributed by atoms with Crippen molar-refractivity contribution in [3.8, 4) is 16.9 Å². The molecule has 0 spiro atoms. The lowest BCUT2D eigenvalue weighted by atomic mass is 10.0. The Bertz CT molecular complexity index is 907. The molecule has 2 aromatic carbocycles. The highest BCUT2D eigenvalue weighted by Crippen LogP contribution is 2.25. The SMILES string of the molecule is CCCCCCCCc1ccc(C(=O)Oc2ccc(-c3ccc(CC)cc3)cc2)s1. The highest BCUT2D eigenvalue weighted by atomic mass is 32.1. The maximum atomic E-state index is 12.5. The first-order valence-electron chi connectivity index (χ1n) is 11.2. The number of aryl methyl sites for hydroxylation is 2. The third-order valence-corrected chi connectivity index (χ3v) is 6.53. The number of ether oxygens (including phenoxy) is 1. The minimum absolute atomic E-state index is 0.269. The molecular formula is C27H32O2S. The van der Waals surface area contributed by atoms with E-state index in [9.17, 15) is 4.79 Å². The van der Waals surface area contributed by atoms with Crippen molar-refractivity contribution in [3.63, 3.8) is 0 Å². The molecule has 3 rings (SSSR count). The van der Waals surface area contributed by atoms with Crippen LogP contribution in [0.3, 0.4) is 0 Å². The van der Waals surface area contributed by atoms with Crippen LogP contribution in [0.2, 0.25) is 0 Å². The van der Waals surface area contributed by atoms with Crippen LogP contribution in [0.25, 0.3) is 11.1 Å². The summed E-state index contributed by atoms with van der Waals surface area (Å²) in [5.41, 5.74) is 3.62. The summed E-state index contributed by atoms with van der Waals surface area (Å²) in [5.74, 6) is 0.314. The van der Waals surface area contributed by atoms with Crippen LogP contribution in [0.4, 0.5) is 0 Å². The van der Waals surface area contributed by atoms with Gasteiger partial charge in [-0.2, -0.15) is 0 Å². The zero-order valence-corrected chi connectivity index (χ0v) is 19.0. The minimum atomic E-state index is -0.269. The Labute approximate surface area is 184 Å². The fraction of sp³-hybridized carbons (Fsp3) is 0.370. The standard InChI is InChI=1S/C27H32O2S/c1-3-5-6-7-8-9-10-25-19-20-26(30-25)27(28)29-24-17-15-23(16-18-24)22-13-11-21(4-2)12-14-22/h11-20H,3-10H2,1-2H3. The van der Waals surface area contributed by atoms with E-state index in [0.717, 1.165) is 18.4 Å². The molecule has 0 fully saturated rings. The molecule has 0 bridgehead atoms. The van der Waals surface area contributed by atoms with Gasteiger partial charge in [-0.25, -0.2) is 4.79 Å². The second-order valence-electron chi connectivity index (χ2n) is 7.75. The third kappa shape index (κ3) is 6.56. The average molecular weight is 421 g/mol. The van der Waals surface area contributed by atoms with Gasteiger partial charge in [0.2, 0.25) is 0 Å². The largest absolute Gasteiger partial charge is 0.422 e. The number of thiophene rings is 1. The topological polar surface area (TPSA) is 26.3 Å². The van der Waals surface area contributed by atoms with Gasteiger partial charge in [0.05, 0.1) is 0 Å². The van der Waals surface area contributed by atoms with E-state index >= 15 is 0 Å². The molecule has 0 aliphatic carbocycles. The van der Waals surface area contributed by atoms with Crippen LogP contribution >= 0.6 is 11.3 Å². The first kappa shape index (κ1) is 22.3. The van der Waals surface area contributed by atoms with Crippen LogP contribution in [-0.4, -0.2) is 5.97 Å². The highest BCUT2D eigenvalue weighted by Gasteiger charge is 2.12. The molecule has 0 saturated carbocycles. The lowest BCUT2D eigenvalue weighted by molar-refractivity contribution is 0.0740. The molecule has 3 heteroatoms. The van der Waals surface area contributed by atoms with Gasteiger partial charge in [0.25, 0.3) is 0 Å². The summed E-state index contributed by atoms with van der Waals surface area (Å²) >= 11 is 1.56. The molecule has 2 nitrogen and oxygen atoms in total. The van der Waals surface area contributed by atoms with E-state index in [1.165, 1.54) is 54.5 Å². The number of rotatable bonds is 11. The Morgan fingerprint density at radius 3 is 2.07 bits per heavy atom. The molecule has 0 amide bonds. The van der Waals surface area contributed by atoms with E-state index in [2.05, 4.69) is 44.2 Å². The van der Waals surface area contributed by atoms with Crippen molar-refractivity contribution in [3.05, 3.63) is 76.0 Å². The summed E-state index contributed by atoms with van der Waals surface area (Å²) < 4.78 is 5.58. The van der Waals surface area contributed by atoms with Gasteiger partial charge in [-0.15, -0.1) is 11.3 Å². The monoisotopic (exact) mass is 420 g/mol. The molecule has 0 saturated heterocycles. The maximum absolute atomic E-state index is 12.5. The van der Waals surface area contributed by atoms with Crippen LogP contribution in [0.5, 0.6) is 5.75 Å². The molecular weight excluding hydrogens is 388 g/mol. The fourth-order valence-electron chi connectivity index (χ4n) is 3.51. The lowest BCUT2D eigenvalue weighted by Gasteiger charge is -2.06. The van der Waals surface area contributed by atoms with E-state index in [-0.39, 0.29) is 5.97 Å². The molecule has 1 heterocycles. The van der Waals surface area contributed by atoms with Crippen LogP contribution in [-0.2, 0) is 12.8 Å². The van der Waals surface area contributed by atoms with Gasteiger partial charge in [-0.05, 0) is 60.2 Å². The molecule has 0 aliphatic heterocycles. The van der Waals surface area contributed by atoms with Crippen LogP contribution in [0.1, 0.15) is 72.5 Å². The van der Waals surface area contributed by atoms with Gasteiger partial charge >= 0.3 is 5.97 Å². The Balaban J connectivity index is 1.50. The van der Waals surface area contributed by atoms with Gasteiger partial charge in [-0.1, -0.05) is 82.3 Å². The molecule has 0 unspecified atom stereocenters. The number of carbonyl (C=O) groups excluding carboxylic acids is 1. The fourth-order valence-corrected chi connectivity index (χ4v) is 4.43. The number of unbranched alkanes of at least 4 members (excludes halogenated alkanes) is 5. The normalized spacial score (nSPS) is 10.9. The first-order chi connectivity index (χ1) is 14.7. The molecule has 158 valence electrons. The summed E-state index contributed by atoms with van der Waals surface area (Å²) in [5, 5.41) is 0. The van der Waals surface area contributed by atoms with Gasteiger partial charge in [0.1, 0.15) is 10.6 Å². The van der Waals surface area contributed by atoms with Crippen LogP contribution in [0.15, 0.2) is 60.7 Å². The van der Waals surface area contributed by atoms with Crippen molar-refractivity contribution in [2.45, 2.75) is 65.2 Å². The molecule has 0 atom stereocenters. The smallest absolute Gasteiger partial charge is 0.353 e. The Hall–Kier alpha value is -2.39. The maximum Gasteiger partial charge on any atom is 0.353 e. The highest BCUT2D eigenvalue weighted by molar-refractivity contribution is 7.13. The van der Waals surface area contributed by atoms with Crippen molar-refractivity contribution in [2.75, 3.05) is 0 Å². The molecule has 0 N–H and O–H groups in total. The van der Waals surface area contributed by atoms with Crippen LogP contribution < -0.4 is 4.74 Å². The number of carbonyl (C=O) groups is 1. The molecule has 0 radical (unpaired) electrons. The lowest BCUT2D eigenvalue weighted by Crippen LogP contribution is -2.06. The van der Waals surface area contributed by atoms with Gasteiger partial charge in [-0.3, -0.25) is 0 Å². The van der Waals surface area contributed by atoms with Gasteiger partial charge in [0.15, 0.2) is 0 Å². The predicted molar refractivity (Wildman–Crippen MR) is 128 cm³/mol. The van der Waals surface area contributed by atoms with E-state index in [1.807, 2.05) is 30.3 Å². The number of benzene rings is 2. The molecule has 3 aromatic rings. The van der Waals surface area contributed by atoms with Crippen molar-refractivity contribution in [1.29, 1.82) is 0 Å². The predicted octanol–water partition coefficient (Wildman–Crippen LogP) is 8.10. The first-order valence-corrected chi connectivity index (χ1v) is 12.0. The summed E-state index contributed by atoms with van der Waals surface area (Å²) in [6.07, 6.45) is 9.82. The summed E-state index contributed by atoms with van der Waals surface area (Å²) in [6.45, 7) is 4.40. The summed E-state index contributed by atoms with van der Waals surface area (Å²) in [7, 11) is 0. The van der Waals surface area contributed by atoms with Gasteiger partial charge in [0, 0.05) is 4.88 Å². The summed E-state index contributed by atoms with van der Waals surface area (Å²) in [4.78, 5) is 14.4. The number of hydrogen-bond donors (Lipinski definition) is 0. The van der Waals surface area contributed by atoms with Crippen molar-refractivity contribution in [1.82, 2.24) is 0 Å². The molecule has 1 aromatic heterocycles. The second-order valence-corrected chi connectivity index (χ2v) is 8.92. The quantitative estimate of drug-likeness (QED) is 0.178. The van der Waals surface area contributed by atoms with E-state index in [4.69, 9.17) is 4.74 Å². The van der Waals surface area contributed by atoms with Crippen molar-refractivity contribution in [2.24, 2.45) is 0 Å². The van der Waals surface area contributed by atoms with E-state index < -0.39 is 0 Å².